The van der Waals surface area contributed by atoms with E-state index >= 15 is 0 Å². The monoisotopic (exact) mass is 422 g/mol. The molecule has 1 fully saturated rings. The van der Waals surface area contributed by atoms with Gasteiger partial charge < -0.3 is 34.0 Å². The molecule has 28 heavy (non-hydrogen) atoms. The third-order valence-corrected chi connectivity index (χ3v) is 6.66. The summed E-state index contributed by atoms with van der Waals surface area (Å²) in [4.78, 5) is 35.5. The minimum absolute atomic E-state index is 0.0351. The summed E-state index contributed by atoms with van der Waals surface area (Å²) in [6, 6.07) is 0. The van der Waals surface area contributed by atoms with E-state index in [1.54, 1.807) is 6.92 Å². The molecule has 5 N–H and O–H groups in total. The van der Waals surface area contributed by atoms with Crippen LogP contribution >= 0.6 is 7.60 Å². The van der Waals surface area contributed by atoms with E-state index in [1.807, 2.05) is 0 Å². The van der Waals surface area contributed by atoms with Gasteiger partial charge in [0.05, 0.1) is 17.3 Å². The molecule has 11 nitrogen and oxygen atoms in total. The largest absolute Gasteiger partial charge is 0.388 e. The van der Waals surface area contributed by atoms with Crippen molar-refractivity contribution in [3.05, 3.63) is 32.6 Å². The molecule has 0 amide bonds. The number of ether oxygens (including phenoxy) is 1. The van der Waals surface area contributed by atoms with Crippen LogP contribution in [0.2, 0.25) is 0 Å². The number of hydrogen-bond acceptors (Lipinski definition) is 8. The van der Waals surface area contributed by atoms with E-state index in [4.69, 9.17) is 9.26 Å². The SMILES string of the molecule is CCC(C)(C[C@H]1O[C@@H](c2cn(C)c(=O)[nH]c2=O)[C@H](O)[C@@H]1O)OP(=O)(O)C(C)O. The minimum Gasteiger partial charge on any atom is -0.388 e. The molecule has 1 saturated heterocycles. The molecular weight excluding hydrogens is 395 g/mol. The van der Waals surface area contributed by atoms with Crippen molar-refractivity contribution in [1.29, 1.82) is 0 Å². The molecule has 1 aromatic rings. The van der Waals surface area contributed by atoms with Crippen LogP contribution in [-0.4, -0.2) is 59.5 Å². The van der Waals surface area contributed by atoms with Crippen LogP contribution in [0.15, 0.2) is 15.8 Å². The van der Waals surface area contributed by atoms with Crippen molar-refractivity contribution in [3.63, 3.8) is 0 Å². The molecule has 0 bridgehead atoms. The fourth-order valence-electron chi connectivity index (χ4n) is 3.02. The Hall–Kier alpha value is -1.33. The van der Waals surface area contributed by atoms with Crippen LogP contribution in [0.5, 0.6) is 0 Å². The van der Waals surface area contributed by atoms with Gasteiger partial charge in [-0.2, -0.15) is 0 Å². The molecule has 1 aliphatic heterocycles. The number of hydrogen-bond donors (Lipinski definition) is 5. The second kappa shape index (κ2) is 8.19. The maximum atomic E-state index is 12.1. The number of aromatic amines is 1. The van der Waals surface area contributed by atoms with Gasteiger partial charge in [-0.1, -0.05) is 6.92 Å². The first-order valence-electron chi connectivity index (χ1n) is 8.84. The highest BCUT2D eigenvalue weighted by atomic mass is 31.2. The number of aliphatic hydroxyl groups excluding tert-OH is 3. The highest BCUT2D eigenvalue weighted by molar-refractivity contribution is 7.53. The molecule has 1 aliphatic rings. The van der Waals surface area contributed by atoms with Gasteiger partial charge >= 0.3 is 13.3 Å². The summed E-state index contributed by atoms with van der Waals surface area (Å²) in [7, 11) is -2.91. The van der Waals surface area contributed by atoms with Crippen LogP contribution in [-0.2, 0) is 20.9 Å². The van der Waals surface area contributed by atoms with Gasteiger partial charge in [-0.25, -0.2) is 4.79 Å². The smallest absolute Gasteiger partial charge is 0.356 e. The Balaban J connectivity index is 2.26. The zero-order valence-electron chi connectivity index (χ0n) is 16.1. The van der Waals surface area contributed by atoms with Crippen LogP contribution in [0.1, 0.15) is 45.3 Å². The Labute approximate surface area is 161 Å². The molecule has 0 spiro atoms. The molecule has 2 heterocycles. The Bertz CT molecular complexity index is 866. The van der Waals surface area contributed by atoms with E-state index in [0.29, 0.717) is 0 Å². The van der Waals surface area contributed by atoms with Crippen LogP contribution in [0.25, 0.3) is 0 Å². The van der Waals surface area contributed by atoms with Gasteiger partial charge in [-0.3, -0.25) is 14.3 Å². The lowest BCUT2D eigenvalue weighted by molar-refractivity contribution is -0.0494. The van der Waals surface area contributed by atoms with Gasteiger partial charge in [0, 0.05) is 19.7 Å². The molecule has 1 aromatic heterocycles. The Morgan fingerprint density at radius 3 is 2.54 bits per heavy atom. The predicted octanol–water partition coefficient (Wildman–Crippen LogP) is -0.666. The third-order valence-electron chi connectivity index (χ3n) is 5.01. The number of H-pyrrole nitrogens is 1. The summed E-state index contributed by atoms with van der Waals surface area (Å²) in [5.41, 5.74) is -2.67. The molecule has 160 valence electrons. The first kappa shape index (κ1) is 23.0. The Morgan fingerprint density at radius 1 is 1.39 bits per heavy atom. The van der Waals surface area contributed by atoms with Crippen LogP contribution in [0.3, 0.4) is 0 Å². The molecular formula is C16H27N2O9P. The van der Waals surface area contributed by atoms with Crippen molar-refractivity contribution in [2.24, 2.45) is 7.05 Å². The van der Waals surface area contributed by atoms with Gasteiger partial charge in [0.1, 0.15) is 18.3 Å². The lowest BCUT2D eigenvalue weighted by Gasteiger charge is -2.34. The van der Waals surface area contributed by atoms with Crippen molar-refractivity contribution in [3.8, 4) is 0 Å². The second-order valence-corrected chi connectivity index (χ2v) is 9.38. The Morgan fingerprint density at radius 2 is 2.00 bits per heavy atom. The topological polar surface area (TPSA) is 171 Å². The summed E-state index contributed by atoms with van der Waals surface area (Å²) in [5, 5.41) is 30.2. The van der Waals surface area contributed by atoms with Gasteiger partial charge in [-0.05, 0) is 20.3 Å². The molecule has 0 aliphatic carbocycles. The first-order chi connectivity index (χ1) is 12.8. The second-order valence-electron chi connectivity index (χ2n) is 7.33. The molecule has 7 atom stereocenters. The number of nitrogens with zero attached hydrogens (tertiary/aromatic N) is 1. The van der Waals surface area contributed by atoms with E-state index in [-0.39, 0.29) is 18.4 Å². The minimum atomic E-state index is -4.32. The number of nitrogens with one attached hydrogen (secondary N) is 1. The number of aryl methyl sites for hydroxylation is 1. The molecule has 0 aromatic carbocycles. The summed E-state index contributed by atoms with van der Waals surface area (Å²) >= 11 is 0. The molecule has 0 saturated carbocycles. The van der Waals surface area contributed by atoms with Gasteiger partial charge in [0.25, 0.3) is 5.56 Å². The van der Waals surface area contributed by atoms with E-state index in [9.17, 15) is 34.4 Å². The zero-order valence-corrected chi connectivity index (χ0v) is 17.0. The maximum Gasteiger partial charge on any atom is 0.356 e. The van der Waals surface area contributed by atoms with Crippen molar-refractivity contribution < 1.29 is 34.0 Å². The molecule has 2 rings (SSSR count). The van der Waals surface area contributed by atoms with Crippen molar-refractivity contribution in [1.82, 2.24) is 9.55 Å². The quantitative estimate of drug-likeness (QED) is 0.358. The Kier molecular flexibility index (Phi) is 6.72. The summed E-state index contributed by atoms with van der Waals surface area (Å²) < 4.78 is 24.1. The summed E-state index contributed by atoms with van der Waals surface area (Å²) in [6.45, 7) is 4.34. The standard InChI is InChI=1S/C16H27N2O9P/c1-5-16(3,27-28(24,25)8(2)19)6-10-11(20)12(21)13(26-10)9-7-18(4)15(23)17-14(9)22/h7-8,10-13,19-21H,5-6H2,1-4H3,(H,24,25)(H,17,22,23)/t8?,10-,11-,12-,13+,16?/m1/s1. The molecule has 12 heteroatoms. The van der Waals surface area contributed by atoms with Crippen molar-refractivity contribution in [2.45, 2.75) is 69.5 Å². The number of aliphatic hydroxyl groups is 3. The maximum absolute atomic E-state index is 12.1. The van der Waals surface area contributed by atoms with E-state index in [1.165, 1.54) is 20.2 Å². The van der Waals surface area contributed by atoms with Crippen LogP contribution in [0, 0.1) is 0 Å². The van der Waals surface area contributed by atoms with Gasteiger partial charge in [0.15, 0.2) is 5.85 Å². The lowest BCUT2D eigenvalue weighted by atomic mass is 9.92. The summed E-state index contributed by atoms with van der Waals surface area (Å²) in [5.74, 6) is -1.60. The molecule has 0 radical (unpaired) electrons. The first-order valence-corrected chi connectivity index (χ1v) is 10.5. The van der Waals surface area contributed by atoms with E-state index < -0.39 is 54.7 Å². The van der Waals surface area contributed by atoms with Crippen LogP contribution in [0.4, 0.5) is 0 Å². The predicted molar refractivity (Wildman–Crippen MR) is 97.8 cm³/mol. The van der Waals surface area contributed by atoms with Crippen LogP contribution < -0.4 is 11.2 Å². The summed E-state index contributed by atoms with van der Waals surface area (Å²) in [6.07, 6.45) is -3.69. The van der Waals surface area contributed by atoms with E-state index in [2.05, 4.69) is 4.98 Å². The number of rotatable bonds is 7. The average Bonchev–Trinajstić information content (AvgIpc) is 2.85. The zero-order chi connectivity index (χ0) is 21.4. The fourth-order valence-corrected chi connectivity index (χ4v) is 4.01. The third kappa shape index (κ3) is 4.62. The fraction of sp³-hybridized carbons (Fsp3) is 0.750. The van der Waals surface area contributed by atoms with Gasteiger partial charge in [-0.15, -0.1) is 0 Å². The van der Waals surface area contributed by atoms with E-state index in [0.717, 1.165) is 11.5 Å². The van der Waals surface area contributed by atoms with Crippen molar-refractivity contribution >= 4 is 7.60 Å². The normalized spacial score (nSPS) is 30.6. The number of aromatic nitrogens is 2. The average molecular weight is 422 g/mol. The van der Waals surface area contributed by atoms with Gasteiger partial charge in [0.2, 0.25) is 0 Å². The molecule has 3 unspecified atom stereocenters. The lowest BCUT2D eigenvalue weighted by Crippen LogP contribution is -2.39. The highest BCUT2D eigenvalue weighted by Crippen LogP contribution is 2.52. The highest BCUT2D eigenvalue weighted by Gasteiger charge is 2.48. The van der Waals surface area contributed by atoms with Crippen molar-refractivity contribution in [2.75, 3.05) is 0 Å².